The Kier molecular flexibility index (Phi) is 8.88. The molecule has 0 saturated carbocycles. The molecule has 4 heterocycles. The summed E-state index contributed by atoms with van der Waals surface area (Å²) >= 11 is 8.15. The molecule has 2 aromatic rings. The number of thioether (sulfide) groups is 1. The van der Waals surface area contributed by atoms with Crippen LogP contribution in [0.25, 0.3) is 0 Å². The molecule has 3 atom stereocenters. The third kappa shape index (κ3) is 6.24. The molecule has 42 heavy (non-hydrogen) atoms. The van der Waals surface area contributed by atoms with Gasteiger partial charge in [-0.25, -0.2) is 14.6 Å². The molecular formula is C23H23ClN7O9S2+. The van der Waals surface area contributed by atoms with Gasteiger partial charge in [0.15, 0.2) is 23.6 Å². The van der Waals surface area contributed by atoms with E-state index in [0.29, 0.717) is 5.57 Å². The summed E-state index contributed by atoms with van der Waals surface area (Å²) in [5.74, 6) is -4.87. The Morgan fingerprint density at radius 1 is 1.36 bits per heavy atom. The minimum Gasteiger partial charge on any atom is -0.501 e. The van der Waals surface area contributed by atoms with Crippen molar-refractivity contribution in [2.75, 3.05) is 16.8 Å². The number of carbonyl (C=O) groups is 5. The van der Waals surface area contributed by atoms with Crippen molar-refractivity contribution in [2.45, 2.75) is 37.9 Å². The Morgan fingerprint density at radius 3 is 2.64 bits per heavy atom. The number of amides is 3. The summed E-state index contributed by atoms with van der Waals surface area (Å²) < 4.78 is 1.46. The van der Waals surface area contributed by atoms with E-state index >= 15 is 0 Å². The van der Waals surface area contributed by atoms with Gasteiger partial charge in [-0.15, -0.1) is 11.8 Å². The zero-order valence-electron chi connectivity index (χ0n) is 21.7. The van der Waals surface area contributed by atoms with Crippen LogP contribution in [0.15, 0.2) is 34.9 Å². The number of oxime groups is 1. The first-order valence-electron chi connectivity index (χ1n) is 11.9. The van der Waals surface area contributed by atoms with Crippen molar-refractivity contribution in [1.82, 2.24) is 15.2 Å². The largest absolute Gasteiger partial charge is 0.501 e. The Morgan fingerprint density at radius 2 is 2.07 bits per heavy atom. The summed E-state index contributed by atoms with van der Waals surface area (Å²) in [7, 11) is 0. The van der Waals surface area contributed by atoms with Gasteiger partial charge in [0.05, 0.1) is 5.69 Å². The predicted molar refractivity (Wildman–Crippen MR) is 149 cm³/mol. The van der Waals surface area contributed by atoms with Crippen LogP contribution < -0.4 is 20.9 Å². The molecule has 4 rings (SSSR count). The third-order valence-electron chi connectivity index (χ3n) is 5.91. The molecular weight excluding hydrogens is 618 g/mol. The highest BCUT2D eigenvalue weighted by molar-refractivity contribution is 8.00. The molecule has 7 N–H and O–H groups in total. The lowest BCUT2D eigenvalue weighted by Crippen LogP contribution is -2.71. The zero-order valence-corrected chi connectivity index (χ0v) is 24.1. The van der Waals surface area contributed by atoms with Crippen LogP contribution >= 0.6 is 34.7 Å². The van der Waals surface area contributed by atoms with Gasteiger partial charge in [0.25, 0.3) is 11.8 Å². The van der Waals surface area contributed by atoms with Gasteiger partial charge in [-0.3, -0.25) is 19.3 Å². The molecule has 222 valence electrons. The number of thiazole rings is 1. The van der Waals surface area contributed by atoms with Crippen LogP contribution in [0.5, 0.6) is 5.75 Å². The Hall–Kier alpha value is -4.42. The molecule has 1 fully saturated rings. The Balaban J connectivity index is 1.55. The molecule has 2 aromatic heterocycles. The van der Waals surface area contributed by atoms with Crippen LogP contribution in [0.2, 0.25) is 4.34 Å². The van der Waals surface area contributed by atoms with Crippen molar-refractivity contribution in [3.63, 3.8) is 0 Å². The molecule has 1 saturated heterocycles. The maximum Gasteiger partial charge on any atom is 0.352 e. The standard InChI is InChI=1S/C23H22ClN7O9S2/c1-8(21(36)37)40-29-14(13-17(24)42-23(25)28-13)18(34)27-15-19(35)31-16(22(38)39)10(7-41-20(15)31)5-30-4-3-11(12(33)6-30)26-9(2)32/h3-4,6,8,15,20H,5,7H2,1-2H3,(H6,25,27,28,33,34,36,37,38,39)/p+1/b29-14-/t8-,15+,20+/m0/s1. The summed E-state index contributed by atoms with van der Waals surface area (Å²) in [6.45, 7) is 2.47. The van der Waals surface area contributed by atoms with Gasteiger partial charge >= 0.3 is 11.9 Å². The summed E-state index contributed by atoms with van der Waals surface area (Å²) in [5.41, 5.74) is 5.21. The lowest BCUT2D eigenvalue weighted by molar-refractivity contribution is -0.689. The normalized spacial score (nSPS) is 19.0. The molecule has 3 amide bonds. The number of pyridine rings is 1. The van der Waals surface area contributed by atoms with Gasteiger partial charge in [-0.1, -0.05) is 28.1 Å². The van der Waals surface area contributed by atoms with Crippen LogP contribution in [0.1, 0.15) is 19.5 Å². The number of aromatic hydroxyl groups is 1. The monoisotopic (exact) mass is 640 g/mol. The molecule has 0 radical (unpaired) electrons. The van der Waals surface area contributed by atoms with E-state index in [1.165, 1.54) is 48.6 Å². The number of carboxylic acid groups (broad SMARTS) is 2. The highest BCUT2D eigenvalue weighted by Crippen LogP contribution is 2.40. The van der Waals surface area contributed by atoms with Crippen molar-refractivity contribution in [2.24, 2.45) is 5.16 Å². The zero-order chi connectivity index (χ0) is 30.9. The van der Waals surface area contributed by atoms with Crippen molar-refractivity contribution in [1.29, 1.82) is 0 Å². The number of nitrogens with zero attached hydrogens (tertiary/aromatic N) is 4. The van der Waals surface area contributed by atoms with Gasteiger partial charge in [0, 0.05) is 24.3 Å². The molecule has 0 unspecified atom stereocenters. The van der Waals surface area contributed by atoms with Crippen LogP contribution in [0.3, 0.4) is 0 Å². The number of aromatic nitrogens is 2. The molecule has 2 aliphatic rings. The quantitative estimate of drug-likeness (QED) is 0.0868. The molecule has 16 nitrogen and oxygen atoms in total. The Bertz CT molecular complexity index is 1560. The van der Waals surface area contributed by atoms with Crippen LogP contribution in [0, 0.1) is 0 Å². The van der Waals surface area contributed by atoms with Crippen LogP contribution in [-0.4, -0.2) is 83.8 Å². The number of hydrogen-bond donors (Lipinski definition) is 6. The number of nitrogens with two attached hydrogens (primary N) is 1. The number of halogens is 1. The van der Waals surface area contributed by atoms with E-state index in [1.807, 2.05) is 0 Å². The highest BCUT2D eigenvalue weighted by atomic mass is 35.5. The third-order valence-corrected chi connectivity index (χ3v) is 8.33. The smallest absolute Gasteiger partial charge is 0.352 e. The molecule has 2 aliphatic heterocycles. The van der Waals surface area contributed by atoms with Gasteiger partial charge in [0.1, 0.15) is 27.1 Å². The number of β-lactam (4-membered cyclic amide) rings is 1. The van der Waals surface area contributed by atoms with Crippen molar-refractivity contribution < 1.29 is 48.7 Å². The number of rotatable bonds is 10. The van der Waals surface area contributed by atoms with E-state index in [2.05, 4.69) is 20.8 Å². The number of aliphatic carboxylic acids is 2. The number of carboxylic acids is 2. The number of anilines is 2. The Labute approximate surface area is 249 Å². The second-order valence-corrected chi connectivity index (χ2v) is 11.7. The average molecular weight is 641 g/mol. The van der Waals surface area contributed by atoms with E-state index in [-0.39, 0.29) is 50.5 Å². The van der Waals surface area contributed by atoms with Gasteiger partial charge < -0.3 is 36.5 Å². The number of fused-ring (bicyclic) bond motifs is 1. The summed E-state index contributed by atoms with van der Waals surface area (Å²) in [6.07, 6.45) is 1.40. The second kappa shape index (κ2) is 12.2. The first-order chi connectivity index (χ1) is 19.8. The van der Waals surface area contributed by atoms with E-state index in [0.717, 1.165) is 16.2 Å². The van der Waals surface area contributed by atoms with E-state index in [4.69, 9.17) is 27.3 Å². The summed E-state index contributed by atoms with van der Waals surface area (Å²) in [6, 6.07) is 0.281. The minimum atomic E-state index is -1.43. The lowest BCUT2D eigenvalue weighted by atomic mass is 10.0. The minimum absolute atomic E-state index is 0.00442. The lowest BCUT2D eigenvalue weighted by Gasteiger charge is -2.49. The van der Waals surface area contributed by atoms with Crippen molar-refractivity contribution in [3.8, 4) is 5.75 Å². The van der Waals surface area contributed by atoms with Gasteiger partial charge in [0.2, 0.25) is 24.0 Å². The highest BCUT2D eigenvalue weighted by Gasteiger charge is 2.55. The first kappa shape index (κ1) is 30.5. The average Bonchev–Trinajstić information content (AvgIpc) is 3.25. The van der Waals surface area contributed by atoms with E-state index < -0.39 is 47.0 Å². The maximum absolute atomic E-state index is 13.2. The van der Waals surface area contributed by atoms with Crippen LogP contribution in [0.4, 0.5) is 10.8 Å². The SMILES string of the molecule is CC(=O)Nc1cc[n+](CC2=C(C(=O)O)N3C(=O)[C@@H](NC(=O)/C(=N\O[C@@H](C)C(=O)O)c4nc(N)sc4Cl)[C@H]3SC2)cc1O. The molecule has 0 aliphatic carbocycles. The summed E-state index contributed by atoms with van der Waals surface area (Å²) in [5, 5.41) is 37.0. The van der Waals surface area contributed by atoms with E-state index in [1.54, 1.807) is 0 Å². The molecule has 0 spiro atoms. The fraction of sp³-hybridized carbons (Fsp3) is 0.304. The predicted octanol–water partition coefficient (Wildman–Crippen LogP) is -0.0372. The topological polar surface area (TPSA) is 238 Å². The maximum atomic E-state index is 13.2. The van der Waals surface area contributed by atoms with Crippen molar-refractivity contribution >= 4 is 80.9 Å². The number of hydrogen-bond acceptors (Lipinski definition) is 12. The van der Waals surface area contributed by atoms with Crippen LogP contribution in [-0.2, 0) is 35.4 Å². The molecule has 0 aromatic carbocycles. The number of nitrogen functional groups attached to an aromatic ring is 1. The van der Waals surface area contributed by atoms with Gasteiger partial charge in [-0.05, 0) is 6.92 Å². The van der Waals surface area contributed by atoms with Crippen molar-refractivity contribution in [3.05, 3.63) is 39.8 Å². The molecule has 0 bridgehead atoms. The first-order valence-corrected chi connectivity index (χ1v) is 14.1. The molecule has 19 heteroatoms. The fourth-order valence-corrected chi connectivity index (χ4v) is 6.25. The fourth-order valence-electron chi connectivity index (χ4n) is 3.99. The van der Waals surface area contributed by atoms with Gasteiger partial charge in [-0.2, -0.15) is 4.57 Å². The number of nitrogens with one attached hydrogen (secondary N) is 2. The second-order valence-electron chi connectivity index (χ2n) is 8.92. The summed E-state index contributed by atoms with van der Waals surface area (Å²) in [4.78, 5) is 70.8. The number of carbonyl (C=O) groups excluding carboxylic acids is 3. The van der Waals surface area contributed by atoms with E-state index in [9.17, 15) is 34.2 Å².